The maximum absolute atomic E-state index is 5.99. The van der Waals surface area contributed by atoms with E-state index in [1.54, 1.807) is 11.8 Å². The second-order valence-electron chi connectivity index (χ2n) is 5.91. The van der Waals surface area contributed by atoms with Crippen molar-refractivity contribution < 1.29 is 9.47 Å². The molecule has 1 aliphatic rings. The first-order valence-electron chi connectivity index (χ1n) is 7.95. The zero-order valence-corrected chi connectivity index (χ0v) is 15.4. The Labute approximate surface area is 154 Å². The molecule has 0 amide bonds. The summed E-state index contributed by atoms with van der Waals surface area (Å²) in [6, 6.07) is 9.45. The molecule has 130 valence electrons. The predicted molar refractivity (Wildman–Crippen MR) is 96.0 cm³/mol. The van der Waals surface area contributed by atoms with E-state index in [4.69, 9.17) is 21.1 Å². The number of thioether (sulfide) groups is 1. The van der Waals surface area contributed by atoms with E-state index in [1.165, 1.54) is 0 Å². The predicted octanol–water partition coefficient (Wildman–Crippen LogP) is 3.60. The summed E-state index contributed by atoms with van der Waals surface area (Å²) in [4.78, 5) is 4.48. The molecule has 2 aromatic heterocycles. The highest BCUT2D eigenvalue weighted by Gasteiger charge is 2.28. The Balaban J connectivity index is 1.42. The number of rotatable bonds is 4. The first kappa shape index (κ1) is 16.8. The fraction of sp³-hybridized carbons (Fsp3) is 0.353. The third kappa shape index (κ3) is 3.50. The van der Waals surface area contributed by atoms with Gasteiger partial charge >= 0.3 is 0 Å². The van der Waals surface area contributed by atoms with Gasteiger partial charge in [-0.3, -0.25) is 4.40 Å². The molecule has 3 aromatic rings. The number of benzene rings is 1. The SMILES string of the molecule is Cc1cc2nnc(SC[C@H]3CO[C@H](c4ccc(Cl)cc4)O3)n2c(C)n1. The lowest BCUT2D eigenvalue weighted by Gasteiger charge is -2.11. The summed E-state index contributed by atoms with van der Waals surface area (Å²) in [6.45, 7) is 4.46. The van der Waals surface area contributed by atoms with Crippen LogP contribution in [0.4, 0.5) is 0 Å². The number of halogens is 1. The molecule has 6 nitrogen and oxygen atoms in total. The molecule has 0 bridgehead atoms. The van der Waals surface area contributed by atoms with E-state index in [1.807, 2.05) is 48.6 Å². The van der Waals surface area contributed by atoms with Gasteiger partial charge in [0, 0.05) is 28.1 Å². The Kier molecular flexibility index (Phi) is 4.64. The van der Waals surface area contributed by atoms with Crippen molar-refractivity contribution in [2.75, 3.05) is 12.4 Å². The van der Waals surface area contributed by atoms with Crippen LogP contribution in [0.15, 0.2) is 35.5 Å². The second kappa shape index (κ2) is 6.92. The van der Waals surface area contributed by atoms with E-state index in [0.29, 0.717) is 11.6 Å². The van der Waals surface area contributed by atoms with Gasteiger partial charge in [-0.15, -0.1) is 10.2 Å². The molecule has 0 spiro atoms. The van der Waals surface area contributed by atoms with Crippen LogP contribution in [0, 0.1) is 13.8 Å². The maximum atomic E-state index is 5.99. The van der Waals surface area contributed by atoms with Crippen molar-refractivity contribution in [3.05, 3.63) is 52.4 Å². The summed E-state index contributed by atoms with van der Waals surface area (Å²) in [6.07, 6.45) is -0.346. The van der Waals surface area contributed by atoms with Gasteiger partial charge in [-0.05, 0) is 26.0 Å². The van der Waals surface area contributed by atoms with E-state index in [0.717, 1.165) is 33.6 Å². The van der Waals surface area contributed by atoms with Gasteiger partial charge in [0.05, 0.1) is 12.7 Å². The minimum atomic E-state index is -0.343. The van der Waals surface area contributed by atoms with E-state index < -0.39 is 0 Å². The van der Waals surface area contributed by atoms with Crippen LogP contribution in [-0.2, 0) is 9.47 Å². The Bertz CT molecular complexity index is 900. The summed E-state index contributed by atoms with van der Waals surface area (Å²) in [5, 5.41) is 10.0. The normalized spacial score (nSPS) is 20.4. The quantitative estimate of drug-likeness (QED) is 0.648. The highest BCUT2D eigenvalue weighted by atomic mass is 35.5. The Morgan fingerprint density at radius 3 is 2.84 bits per heavy atom. The number of aromatic nitrogens is 4. The highest BCUT2D eigenvalue weighted by molar-refractivity contribution is 7.99. The summed E-state index contributed by atoms with van der Waals surface area (Å²) >= 11 is 7.52. The van der Waals surface area contributed by atoms with Gasteiger partial charge in [-0.25, -0.2) is 4.98 Å². The molecule has 1 aliphatic heterocycles. The van der Waals surface area contributed by atoms with Crippen molar-refractivity contribution in [2.45, 2.75) is 31.4 Å². The second-order valence-corrected chi connectivity index (χ2v) is 7.33. The monoisotopic (exact) mass is 376 g/mol. The molecule has 0 saturated carbocycles. The molecule has 8 heteroatoms. The summed E-state index contributed by atoms with van der Waals surface area (Å²) < 4.78 is 13.7. The van der Waals surface area contributed by atoms with Crippen LogP contribution < -0.4 is 0 Å². The molecule has 2 atom stereocenters. The molecule has 0 radical (unpaired) electrons. The van der Waals surface area contributed by atoms with Crippen molar-refractivity contribution in [1.82, 2.24) is 19.6 Å². The first-order valence-corrected chi connectivity index (χ1v) is 9.31. The molecule has 4 rings (SSSR count). The van der Waals surface area contributed by atoms with Crippen LogP contribution in [0.25, 0.3) is 5.65 Å². The number of aryl methyl sites for hydroxylation is 2. The molecule has 25 heavy (non-hydrogen) atoms. The zero-order chi connectivity index (χ0) is 17.4. The van der Waals surface area contributed by atoms with E-state index >= 15 is 0 Å². The van der Waals surface area contributed by atoms with E-state index in [2.05, 4.69) is 15.2 Å². The van der Waals surface area contributed by atoms with Crippen LogP contribution in [0.2, 0.25) is 5.02 Å². The van der Waals surface area contributed by atoms with Gasteiger partial charge in [-0.2, -0.15) is 0 Å². The maximum Gasteiger partial charge on any atom is 0.197 e. The fourth-order valence-corrected chi connectivity index (χ4v) is 3.88. The molecular weight excluding hydrogens is 360 g/mol. The minimum Gasteiger partial charge on any atom is -0.346 e. The Morgan fingerprint density at radius 2 is 2.04 bits per heavy atom. The molecule has 1 saturated heterocycles. The number of fused-ring (bicyclic) bond motifs is 1. The lowest BCUT2D eigenvalue weighted by Crippen LogP contribution is -2.13. The topological polar surface area (TPSA) is 61.5 Å². The van der Waals surface area contributed by atoms with E-state index in [9.17, 15) is 0 Å². The standard InChI is InChI=1S/C17H17ClN4O2S/c1-10-7-15-20-21-17(22(15)11(2)19-10)25-9-14-8-23-16(24-14)12-3-5-13(18)6-4-12/h3-7,14,16H,8-9H2,1-2H3/t14-,16+/m1/s1. The van der Waals surface area contributed by atoms with Crippen molar-refractivity contribution in [2.24, 2.45) is 0 Å². The first-order chi connectivity index (χ1) is 12.1. The smallest absolute Gasteiger partial charge is 0.197 e. The van der Waals surface area contributed by atoms with Gasteiger partial charge in [-0.1, -0.05) is 35.5 Å². The van der Waals surface area contributed by atoms with Gasteiger partial charge < -0.3 is 9.47 Å². The molecule has 0 aliphatic carbocycles. The molecule has 1 aromatic carbocycles. The van der Waals surface area contributed by atoms with Crippen molar-refractivity contribution in [1.29, 1.82) is 0 Å². The molecule has 0 unspecified atom stereocenters. The molecule has 0 N–H and O–H groups in total. The van der Waals surface area contributed by atoms with Crippen molar-refractivity contribution in [3.63, 3.8) is 0 Å². The van der Waals surface area contributed by atoms with Crippen LogP contribution in [0.5, 0.6) is 0 Å². The van der Waals surface area contributed by atoms with Crippen LogP contribution in [0.1, 0.15) is 23.4 Å². The zero-order valence-electron chi connectivity index (χ0n) is 13.8. The summed E-state index contributed by atoms with van der Waals surface area (Å²) in [7, 11) is 0. The largest absolute Gasteiger partial charge is 0.346 e. The molecule has 1 fully saturated rings. The average Bonchev–Trinajstić information content (AvgIpc) is 3.20. The Hall–Kier alpha value is -1.67. The van der Waals surface area contributed by atoms with Crippen LogP contribution in [-0.4, -0.2) is 38.0 Å². The lowest BCUT2D eigenvalue weighted by atomic mass is 10.2. The minimum absolute atomic E-state index is 0.00302. The number of hydrogen-bond acceptors (Lipinski definition) is 6. The van der Waals surface area contributed by atoms with Gasteiger partial charge in [0.2, 0.25) is 0 Å². The van der Waals surface area contributed by atoms with Crippen LogP contribution in [0.3, 0.4) is 0 Å². The molecule has 3 heterocycles. The fourth-order valence-electron chi connectivity index (χ4n) is 2.79. The number of ether oxygens (including phenoxy) is 2. The van der Waals surface area contributed by atoms with Gasteiger partial charge in [0.15, 0.2) is 17.1 Å². The van der Waals surface area contributed by atoms with Gasteiger partial charge in [0.1, 0.15) is 5.82 Å². The van der Waals surface area contributed by atoms with Crippen LogP contribution >= 0.6 is 23.4 Å². The van der Waals surface area contributed by atoms with Crippen molar-refractivity contribution in [3.8, 4) is 0 Å². The summed E-state index contributed by atoms with van der Waals surface area (Å²) in [5.74, 6) is 1.61. The third-order valence-corrected chi connectivity index (χ3v) is 5.26. The van der Waals surface area contributed by atoms with Gasteiger partial charge in [0.25, 0.3) is 0 Å². The summed E-state index contributed by atoms with van der Waals surface area (Å²) in [5.41, 5.74) is 2.72. The molecular formula is C17H17ClN4O2S. The third-order valence-electron chi connectivity index (χ3n) is 3.95. The average molecular weight is 377 g/mol. The highest BCUT2D eigenvalue weighted by Crippen LogP contribution is 2.30. The number of nitrogens with zero attached hydrogens (tertiary/aromatic N) is 4. The van der Waals surface area contributed by atoms with E-state index in [-0.39, 0.29) is 12.4 Å². The number of hydrogen-bond donors (Lipinski definition) is 0. The Morgan fingerprint density at radius 1 is 1.24 bits per heavy atom. The lowest BCUT2D eigenvalue weighted by molar-refractivity contribution is -0.0565. The van der Waals surface area contributed by atoms with Crippen molar-refractivity contribution >= 4 is 29.0 Å².